The number of nitrogen functional groups attached to an aromatic ring is 1. The van der Waals surface area contributed by atoms with Crippen LogP contribution in [0.2, 0.25) is 0 Å². The molecule has 0 aliphatic carbocycles. The largest absolute Gasteiger partial charge is 0.508 e. The van der Waals surface area contributed by atoms with Gasteiger partial charge in [0.1, 0.15) is 17.0 Å². The molecular weight excluding hydrogens is 426 g/mol. The molecule has 3 rings (SSSR count). The summed E-state index contributed by atoms with van der Waals surface area (Å²) in [6.07, 6.45) is 0.968. The maximum Gasteiger partial charge on any atom is 0.410 e. The van der Waals surface area contributed by atoms with Crippen LogP contribution >= 0.6 is 0 Å². The number of likely N-dealkylation sites (tertiary alicyclic amines) is 1. The van der Waals surface area contributed by atoms with Crippen LogP contribution in [0, 0.1) is 0 Å². The molecule has 1 aliphatic heterocycles. The molecule has 1 aromatic heterocycles. The van der Waals surface area contributed by atoms with E-state index in [1.165, 1.54) is 12.1 Å². The Balaban J connectivity index is 1.81. The summed E-state index contributed by atoms with van der Waals surface area (Å²) in [7, 11) is 0. The van der Waals surface area contributed by atoms with Crippen molar-refractivity contribution >= 4 is 23.6 Å². The highest BCUT2D eigenvalue weighted by molar-refractivity contribution is 5.96. The Morgan fingerprint density at radius 3 is 2.55 bits per heavy atom. The highest BCUT2D eigenvalue weighted by atomic mass is 16.6. The van der Waals surface area contributed by atoms with Gasteiger partial charge in [-0.05, 0) is 52.7 Å². The summed E-state index contributed by atoms with van der Waals surface area (Å²) in [5, 5.41) is 13.1. The second-order valence-corrected chi connectivity index (χ2v) is 8.81. The third-order valence-electron chi connectivity index (χ3n) is 5.01. The Bertz CT molecular complexity index is 1010. The molecule has 1 fully saturated rings. The fourth-order valence-corrected chi connectivity index (χ4v) is 3.43. The van der Waals surface area contributed by atoms with E-state index in [0.29, 0.717) is 37.3 Å². The molecule has 2 aromatic rings. The number of nitrogens with zero attached hydrogens (tertiary/aromatic N) is 3. The third-order valence-corrected chi connectivity index (χ3v) is 5.01. The van der Waals surface area contributed by atoms with E-state index in [9.17, 15) is 14.7 Å². The number of carbonyl (C=O) groups excluding carboxylic acids is 2. The first kappa shape index (κ1) is 24.1. The summed E-state index contributed by atoms with van der Waals surface area (Å²) >= 11 is 0. The maximum atomic E-state index is 12.5. The number of phenols is 1. The fourth-order valence-electron chi connectivity index (χ4n) is 3.43. The van der Waals surface area contributed by atoms with Crippen LogP contribution in [-0.4, -0.2) is 63.4 Å². The molecule has 178 valence electrons. The number of hydrogen-bond acceptors (Lipinski definition) is 9. The van der Waals surface area contributed by atoms with Crippen LogP contribution in [-0.2, 0) is 9.47 Å². The number of ether oxygens (including phenoxy) is 2. The molecule has 10 heteroatoms. The standard InChI is InChI=1S/C23H31N5O5/c1-5-32-21(30)18-17(24)20(27-19(26-18)14-7-6-8-16(29)13-14)25-15-9-11-28(12-10-15)22(31)33-23(2,3)4/h6-8,13,15,29H,5,9-12,24H2,1-4H3,(H,25,26,27). The quantitative estimate of drug-likeness (QED) is 0.576. The molecule has 33 heavy (non-hydrogen) atoms. The van der Waals surface area contributed by atoms with Gasteiger partial charge >= 0.3 is 12.1 Å². The van der Waals surface area contributed by atoms with Crippen molar-refractivity contribution in [3.8, 4) is 17.1 Å². The lowest BCUT2D eigenvalue weighted by atomic mass is 10.1. The van der Waals surface area contributed by atoms with Crippen molar-refractivity contribution in [3.63, 3.8) is 0 Å². The van der Waals surface area contributed by atoms with Crippen molar-refractivity contribution in [2.75, 3.05) is 30.7 Å². The molecule has 0 bridgehead atoms. The normalized spacial score (nSPS) is 14.6. The van der Waals surface area contributed by atoms with Crippen LogP contribution in [0.5, 0.6) is 5.75 Å². The van der Waals surface area contributed by atoms with Gasteiger partial charge in [0.2, 0.25) is 0 Å². The fraction of sp³-hybridized carbons (Fsp3) is 0.478. The lowest BCUT2D eigenvalue weighted by Gasteiger charge is -2.34. The van der Waals surface area contributed by atoms with Gasteiger partial charge in [-0.25, -0.2) is 19.6 Å². The van der Waals surface area contributed by atoms with E-state index < -0.39 is 11.6 Å². The molecule has 1 amide bonds. The average molecular weight is 458 g/mol. The maximum absolute atomic E-state index is 12.5. The van der Waals surface area contributed by atoms with Crippen molar-refractivity contribution in [2.24, 2.45) is 0 Å². The van der Waals surface area contributed by atoms with Gasteiger partial charge in [0.25, 0.3) is 0 Å². The van der Waals surface area contributed by atoms with Gasteiger partial charge < -0.3 is 30.5 Å². The number of aromatic nitrogens is 2. The summed E-state index contributed by atoms with van der Waals surface area (Å²) in [6, 6.07) is 6.40. The molecule has 0 saturated carbocycles. The summed E-state index contributed by atoms with van der Waals surface area (Å²) in [6.45, 7) is 8.41. The second kappa shape index (κ2) is 9.93. The number of hydrogen-bond donors (Lipinski definition) is 3. The Morgan fingerprint density at radius 2 is 1.94 bits per heavy atom. The molecule has 0 atom stereocenters. The molecule has 1 aliphatic rings. The highest BCUT2D eigenvalue weighted by Gasteiger charge is 2.28. The van der Waals surface area contributed by atoms with E-state index in [1.807, 2.05) is 20.8 Å². The lowest BCUT2D eigenvalue weighted by Crippen LogP contribution is -2.44. The van der Waals surface area contributed by atoms with E-state index >= 15 is 0 Å². The number of aromatic hydroxyl groups is 1. The Labute approximate surface area is 193 Å². The highest BCUT2D eigenvalue weighted by Crippen LogP contribution is 2.28. The summed E-state index contributed by atoms with van der Waals surface area (Å²) in [5.41, 5.74) is 6.26. The number of nitrogens with two attached hydrogens (primary N) is 1. The predicted molar refractivity (Wildman–Crippen MR) is 124 cm³/mol. The minimum absolute atomic E-state index is 0.0204. The first-order valence-corrected chi connectivity index (χ1v) is 11.0. The van der Waals surface area contributed by atoms with E-state index in [4.69, 9.17) is 15.2 Å². The van der Waals surface area contributed by atoms with Gasteiger partial charge in [0.15, 0.2) is 17.3 Å². The van der Waals surface area contributed by atoms with Crippen molar-refractivity contribution in [2.45, 2.75) is 52.2 Å². The summed E-state index contributed by atoms with van der Waals surface area (Å²) in [4.78, 5) is 35.3. The van der Waals surface area contributed by atoms with Gasteiger partial charge in [-0.2, -0.15) is 0 Å². The van der Waals surface area contributed by atoms with Gasteiger partial charge in [0.05, 0.1) is 6.61 Å². The molecule has 1 aromatic carbocycles. The molecule has 2 heterocycles. The number of carbonyl (C=O) groups is 2. The lowest BCUT2D eigenvalue weighted by molar-refractivity contribution is 0.0210. The predicted octanol–water partition coefficient (Wildman–Crippen LogP) is 3.42. The SMILES string of the molecule is CCOC(=O)c1nc(-c2cccc(O)c2)nc(NC2CCN(C(=O)OC(C)(C)C)CC2)c1N. The minimum Gasteiger partial charge on any atom is -0.508 e. The third kappa shape index (κ3) is 6.24. The van der Waals surface area contributed by atoms with E-state index in [0.717, 1.165) is 0 Å². The molecule has 0 unspecified atom stereocenters. The first-order valence-electron chi connectivity index (χ1n) is 11.0. The zero-order valence-electron chi connectivity index (χ0n) is 19.4. The van der Waals surface area contributed by atoms with Crippen LogP contribution in [0.1, 0.15) is 51.0 Å². The summed E-state index contributed by atoms with van der Waals surface area (Å²) < 4.78 is 10.5. The van der Waals surface area contributed by atoms with Gasteiger partial charge in [-0.15, -0.1) is 0 Å². The van der Waals surface area contributed by atoms with Crippen LogP contribution in [0.4, 0.5) is 16.3 Å². The zero-order chi connectivity index (χ0) is 24.2. The molecule has 10 nitrogen and oxygen atoms in total. The number of nitrogens with one attached hydrogen (secondary N) is 1. The molecular formula is C23H31N5O5. The van der Waals surface area contributed by atoms with E-state index in [2.05, 4.69) is 15.3 Å². The Morgan fingerprint density at radius 1 is 1.24 bits per heavy atom. The van der Waals surface area contributed by atoms with Gasteiger partial charge in [-0.1, -0.05) is 12.1 Å². The number of phenolic OH excluding ortho intramolecular Hbond substituents is 1. The monoisotopic (exact) mass is 457 g/mol. The molecule has 1 saturated heterocycles. The number of benzene rings is 1. The number of anilines is 2. The van der Waals surface area contributed by atoms with Gasteiger partial charge in [0, 0.05) is 24.7 Å². The van der Waals surface area contributed by atoms with Crippen LogP contribution in [0.15, 0.2) is 24.3 Å². The smallest absolute Gasteiger partial charge is 0.410 e. The second-order valence-electron chi connectivity index (χ2n) is 8.81. The van der Waals surface area contributed by atoms with Crippen LogP contribution < -0.4 is 11.1 Å². The van der Waals surface area contributed by atoms with Crippen molar-refractivity contribution < 1.29 is 24.2 Å². The first-order chi connectivity index (χ1) is 15.6. The molecule has 0 spiro atoms. The van der Waals surface area contributed by atoms with Crippen LogP contribution in [0.3, 0.4) is 0 Å². The Kier molecular flexibility index (Phi) is 7.25. The molecule has 4 N–H and O–H groups in total. The van der Waals surface area contributed by atoms with E-state index in [-0.39, 0.29) is 41.7 Å². The van der Waals surface area contributed by atoms with Crippen molar-refractivity contribution in [1.29, 1.82) is 0 Å². The van der Waals surface area contributed by atoms with Crippen molar-refractivity contribution in [1.82, 2.24) is 14.9 Å². The minimum atomic E-state index is -0.651. The Hall–Kier alpha value is -3.56. The average Bonchev–Trinajstić information content (AvgIpc) is 2.74. The number of esters is 1. The van der Waals surface area contributed by atoms with E-state index in [1.54, 1.807) is 24.0 Å². The topological polar surface area (TPSA) is 140 Å². The van der Waals surface area contributed by atoms with Crippen molar-refractivity contribution in [3.05, 3.63) is 30.0 Å². The number of rotatable bonds is 5. The van der Waals surface area contributed by atoms with Crippen LogP contribution in [0.25, 0.3) is 11.4 Å². The molecule has 0 radical (unpaired) electrons. The van der Waals surface area contributed by atoms with Gasteiger partial charge in [-0.3, -0.25) is 0 Å². The zero-order valence-corrected chi connectivity index (χ0v) is 19.4. The number of piperidine rings is 1. The summed E-state index contributed by atoms with van der Waals surface area (Å²) in [5.74, 6) is -0.0600. The number of amides is 1.